The number of fused-ring (bicyclic) bond motifs is 2. The van der Waals surface area contributed by atoms with Crippen LogP contribution < -0.4 is 5.56 Å². The minimum absolute atomic E-state index is 0.0141. The van der Waals surface area contributed by atoms with Crippen molar-refractivity contribution in [3.8, 4) is 11.4 Å². The molecular weight excluding hydrogens is 348 g/mol. The van der Waals surface area contributed by atoms with E-state index in [1.165, 1.54) is 10.9 Å². The molecule has 0 radical (unpaired) electrons. The van der Waals surface area contributed by atoms with Gasteiger partial charge in [-0.1, -0.05) is 48.5 Å². The Balaban J connectivity index is 1.46. The minimum atomic E-state index is -0.0141. The summed E-state index contributed by atoms with van der Waals surface area (Å²) in [6.45, 7) is 2.36. The predicted molar refractivity (Wildman–Crippen MR) is 110 cm³/mol. The van der Waals surface area contributed by atoms with Gasteiger partial charge in [0.2, 0.25) is 0 Å². The molecule has 1 N–H and O–H groups in total. The van der Waals surface area contributed by atoms with Gasteiger partial charge >= 0.3 is 0 Å². The van der Waals surface area contributed by atoms with Crippen LogP contribution in [0, 0.1) is 0 Å². The van der Waals surface area contributed by atoms with E-state index in [0.29, 0.717) is 12.4 Å². The molecule has 5 heteroatoms. The summed E-state index contributed by atoms with van der Waals surface area (Å²) in [5, 5.41) is 2.38. The third kappa shape index (κ3) is 3.10. The molecule has 4 aromatic rings. The van der Waals surface area contributed by atoms with Crippen molar-refractivity contribution in [1.82, 2.24) is 19.9 Å². The number of aromatic nitrogens is 3. The lowest BCUT2D eigenvalue weighted by molar-refractivity contribution is 0.241. The van der Waals surface area contributed by atoms with Gasteiger partial charge in [0, 0.05) is 48.5 Å². The fourth-order valence-electron chi connectivity index (χ4n) is 3.93. The van der Waals surface area contributed by atoms with Gasteiger partial charge in [0.05, 0.1) is 5.69 Å². The smallest absolute Gasteiger partial charge is 0.254 e. The van der Waals surface area contributed by atoms with E-state index in [4.69, 9.17) is 4.98 Å². The highest BCUT2D eigenvalue weighted by atomic mass is 16.1. The first-order valence-corrected chi connectivity index (χ1v) is 9.49. The summed E-state index contributed by atoms with van der Waals surface area (Å²) < 4.78 is 0. The third-order valence-corrected chi connectivity index (χ3v) is 5.36. The average Bonchev–Trinajstić information content (AvgIpc) is 2.74. The lowest BCUT2D eigenvalue weighted by Gasteiger charge is -2.28. The Hall–Kier alpha value is -3.31. The van der Waals surface area contributed by atoms with Crippen LogP contribution in [0.15, 0.2) is 71.8 Å². The second-order valence-corrected chi connectivity index (χ2v) is 7.18. The Morgan fingerprint density at radius 1 is 1.04 bits per heavy atom. The van der Waals surface area contributed by atoms with Crippen molar-refractivity contribution in [3.05, 3.63) is 94.2 Å². The van der Waals surface area contributed by atoms with E-state index in [1.807, 2.05) is 42.7 Å². The molecule has 5 rings (SSSR count). The lowest BCUT2D eigenvalue weighted by atomic mass is 10.0. The summed E-state index contributed by atoms with van der Waals surface area (Å²) in [5.41, 5.74) is 3.89. The molecule has 0 unspecified atom stereocenters. The molecule has 1 aliphatic heterocycles. The number of pyridine rings is 1. The Kier molecular flexibility index (Phi) is 4.22. The maximum absolute atomic E-state index is 12.6. The van der Waals surface area contributed by atoms with Gasteiger partial charge < -0.3 is 4.98 Å². The second kappa shape index (κ2) is 7.02. The standard InChI is InChI=1S/C23H20N4O/c28-23-20-10-12-27(14-18-8-4-7-17-13-24-11-9-19(17)18)15-21(20)25-22(26-23)16-5-2-1-3-6-16/h1-9,11,13H,10,12,14-15H2,(H,25,26,28). The van der Waals surface area contributed by atoms with Gasteiger partial charge in [0.15, 0.2) is 0 Å². The van der Waals surface area contributed by atoms with Crippen molar-refractivity contribution in [2.24, 2.45) is 0 Å². The molecule has 2 aromatic carbocycles. The molecule has 1 aliphatic rings. The Bertz CT molecular complexity index is 1190. The number of hydrogen-bond acceptors (Lipinski definition) is 4. The van der Waals surface area contributed by atoms with Crippen LogP contribution in [0.25, 0.3) is 22.2 Å². The van der Waals surface area contributed by atoms with E-state index in [9.17, 15) is 4.79 Å². The van der Waals surface area contributed by atoms with Gasteiger partial charge in [-0.2, -0.15) is 0 Å². The van der Waals surface area contributed by atoms with Gasteiger partial charge in [-0.15, -0.1) is 0 Å². The van der Waals surface area contributed by atoms with E-state index in [0.717, 1.165) is 41.7 Å². The summed E-state index contributed by atoms with van der Waals surface area (Å²) in [6, 6.07) is 18.2. The normalized spacial score (nSPS) is 14.1. The number of hydrogen-bond donors (Lipinski definition) is 1. The molecule has 0 aliphatic carbocycles. The quantitative estimate of drug-likeness (QED) is 0.601. The highest BCUT2D eigenvalue weighted by Crippen LogP contribution is 2.23. The molecule has 0 bridgehead atoms. The van der Waals surface area contributed by atoms with Crippen molar-refractivity contribution in [2.45, 2.75) is 19.5 Å². The summed E-state index contributed by atoms with van der Waals surface area (Å²) >= 11 is 0. The monoisotopic (exact) mass is 368 g/mol. The molecule has 0 spiro atoms. The number of nitrogens with zero attached hydrogens (tertiary/aromatic N) is 3. The third-order valence-electron chi connectivity index (χ3n) is 5.36. The molecule has 0 saturated heterocycles. The molecule has 0 saturated carbocycles. The number of rotatable bonds is 3. The lowest BCUT2D eigenvalue weighted by Crippen LogP contribution is -2.35. The topological polar surface area (TPSA) is 61.9 Å². The minimum Gasteiger partial charge on any atom is -0.306 e. The number of H-pyrrole nitrogens is 1. The van der Waals surface area contributed by atoms with Crippen LogP contribution in [0.4, 0.5) is 0 Å². The SMILES string of the molecule is O=c1[nH]c(-c2ccccc2)nc2c1CCN(Cc1cccc3cnccc13)C2. The van der Waals surface area contributed by atoms with E-state index in [-0.39, 0.29) is 5.56 Å². The summed E-state index contributed by atoms with van der Waals surface area (Å²) in [7, 11) is 0. The van der Waals surface area contributed by atoms with Crippen LogP contribution in [0.3, 0.4) is 0 Å². The van der Waals surface area contributed by atoms with Crippen molar-refractivity contribution in [3.63, 3.8) is 0 Å². The molecule has 0 atom stereocenters. The van der Waals surface area contributed by atoms with Gasteiger partial charge in [-0.25, -0.2) is 4.98 Å². The van der Waals surface area contributed by atoms with Gasteiger partial charge in [-0.05, 0) is 23.4 Å². The Morgan fingerprint density at radius 2 is 1.93 bits per heavy atom. The molecule has 3 heterocycles. The molecule has 2 aromatic heterocycles. The fourth-order valence-corrected chi connectivity index (χ4v) is 3.93. The van der Waals surface area contributed by atoms with Crippen LogP contribution in [0.5, 0.6) is 0 Å². The predicted octanol–water partition coefficient (Wildman–Crippen LogP) is 3.54. The van der Waals surface area contributed by atoms with Crippen LogP contribution >= 0.6 is 0 Å². The average molecular weight is 368 g/mol. The van der Waals surface area contributed by atoms with Crippen LogP contribution in [-0.4, -0.2) is 26.4 Å². The molecule has 0 fully saturated rings. The van der Waals surface area contributed by atoms with Gasteiger partial charge in [0.25, 0.3) is 5.56 Å². The molecule has 0 amide bonds. The molecule has 5 nitrogen and oxygen atoms in total. The van der Waals surface area contributed by atoms with Crippen LogP contribution in [0.2, 0.25) is 0 Å². The van der Waals surface area contributed by atoms with Gasteiger partial charge in [0.1, 0.15) is 5.82 Å². The molecule has 138 valence electrons. The number of benzene rings is 2. The first kappa shape index (κ1) is 16.8. The van der Waals surface area contributed by atoms with Crippen molar-refractivity contribution in [2.75, 3.05) is 6.54 Å². The highest BCUT2D eigenvalue weighted by Gasteiger charge is 2.22. The second-order valence-electron chi connectivity index (χ2n) is 7.18. The maximum atomic E-state index is 12.6. The van der Waals surface area contributed by atoms with Crippen LogP contribution in [0.1, 0.15) is 16.8 Å². The number of aromatic amines is 1. The van der Waals surface area contributed by atoms with Crippen LogP contribution in [-0.2, 0) is 19.5 Å². The molecular formula is C23H20N4O. The van der Waals surface area contributed by atoms with Crippen molar-refractivity contribution < 1.29 is 0 Å². The summed E-state index contributed by atoms with van der Waals surface area (Å²) in [6.07, 6.45) is 4.46. The van der Waals surface area contributed by atoms with E-state index < -0.39 is 0 Å². The zero-order valence-electron chi connectivity index (χ0n) is 15.4. The number of nitrogens with one attached hydrogen (secondary N) is 1. The Labute approximate surface area is 162 Å². The van der Waals surface area contributed by atoms with E-state index in [1.54, 1.807) is 0 Å². The first-order chi connectivity index (χ1) is 13.8. The van der Waals surface area contributed by atoms with Gasteiger partial charge in [-0.3, -0.25) is 14.7 Å². The molecule has 28 heavy (non-hydrogen) atoms. The van der Waals surface area contributed by atoms with E-state index >= 15 is 0 Å². The first-order valence-electron chi connectivity index (χ1n) is 9.49. The zero-order valence-corrected chi connectivity index (χ0v) is 15.4. The maximum Gasteiger partial charge on any atom is 0.254 e. The fraction of sp³-hybridized carbons (Fsp3) is 0.174. The largest absolute Gasteiger partial charge is 0.306 e. The van der Waals surface area contributed by atoms with Crippen molar-refractivity contribution in [1.29, 1.82) is 0 Å². The van der Waals surface area contributed by atoms with Crippen molar-refractivity contribution >= 4 is 10.8 Å². The highest BCUT2D eigenvalue weighted by molar-refractivity contribution is 5.84. The summed E-state index contributed by atoms with van der Waals surface area (Å²) in [4.78, 5) is 26.9. The Morgan fingerprint density at radius 3 is 2.82 bits per heavy atom. The van der Waals surface area contributed by atoms with E-state index in [2.05, 4.69) is 39.1 Å². The zero-order chi connectivity index (χ0) is 18.9. The summed E-state index contributed by atoms with van der Waals surface area (Å²) in [5.74, 6) is 0.641.